The van der Waals surface area contributed by atoms with Crippen molar-refractivity contribution in [2.75, 3.05) is 6.26 Å². The smallest absolute Gasteiger partial charge is 0.223 e. The van der Waals surface area contributed by atoms with Gasteiger partial charge in [-0.3, -0.25) is 0 Å². The lowest BCUT2D eigenvalue weighted by atomic mass is 10.1. The second-order valence-corrected chi connectivity index (χ2v) is 6.48. The Hall–Kier alpha value is -1.92. The predicted molar refractivity (Wildman–Crippen MR) is 76.5 cm³/mol. The Balaban J connectivity index is 2.29. The van der Waals surface area contributed by atoms with Crippen LogP contribution >= 0.6 is 0 Å². The molecule has 2 N–H and O–H groups in total. The Labute approximate surface area is 118 Å². The average molecular weight is 292 g/mol. The molecule has 0 saturated carbocycles. The number of sulfone groups is 1. The van der Waals surface area contributed by atoms with Gasteiger partial charge in [0.15, 0.2) is 9.84 Å². The molecule has 0 spiro atoms. The molecule has 20 heavy (non-hydrogen) atoms. The number of pyridine rings is 1. The lowest BCUT2D eigenvalue weighted by Gasteiger charge is -2.11. The molecule has 0 atom stereocenters. The van der Waals surface area contributed by atoms with Gasteiger partial charge in [-0.15, -0.1) is 0 Å². The molecule has 1 heterocycles. The van der Waals surface area contributed by atoms with Gasteiger partial charge in [-0.25, -0.2) is 13.4 Å². The van der Waals surface area contributed by atoms with Gasteiger partial charge in [0.1, 0.15) is 5.75 Å². The molecule has 1 aromatic heterocycles. The molecule has 0 bridgehead atoms. The van der Waals surface area contributed by atoms with Crippen LogP contribution in [-0.2, 0) is 16.4 Å². The fourth-order valence-corrected chi connectivity index (χ4v) is 2.40. The SMILES string of the molecule is Cc1ccnc(Oc2ccc(S(C)(=O)=O)cc2)c1CN. The first kappa shape index (κ1) is 14.5. The van der Waals surface area contributed by atoms with E-state index in [0.717, 1.165) is 17.4 Å². The summed E-state index contributed by atoms with van der Waals surface area (Å²) >= 11 is 0. The minimum atomic E-state index is -3.20. The van der Waals surface area contributed by atoms with Crippen molar-refractivity contribution in [2.24, 2.45) is 5.73 Å². The van der Waals surface area contributed by atoms with Gasteiger partial charge in [-0.1, -0.05) is 0 Å². The van der Waals surface area contributed by atoms with E-state index in [1.807, 2.05) is 13.0 Å². The van der Waals surface area contributed by atoms with Gasteiger partial charge in [0.05, 0.1) is 4.90 Å². The van der Waals surface area contributed by atoms with E-state index in [1.165, 1.54) is 12.1 Å². The molecule has 2 aromatic rings. The first-order valence-electron chi connectivity index (χ1n) is 6.04. The zero-order chi connectivity index (χ0) is 14.8. The molecule has 5 nitrogen and oxygen atoms in total. The molecule has 106 valence electrons. The molecule has 2 rings (SSSR count). The summed E-state index contributed by atoms with van der Waals surface area (Å²) in [7, 11) is -3.20. The monoisotopic (exact) mass is 292 g/mol. The first-order valence-corrected chi connectivity index (χ1v) is 7.93. The van der Waals surface area contributed by atoms with Gasteiger partial charge in [0.25, 0.3) is 0 Å². The Morgan fingerprint density at radius 2 is 1.85 bits per heavy atom. The summed E-state index contributed by atoms with van der Waals surface area (Å²) in [6, 6.07) is 8.06. The van der Waals surface area contributed by atoms with Gasteiger partial charge < -0.3 is 10.5 Å². The van der Waals surface area contributed by atoms with Crippen molar-refractivity contribution in [3.05, 3.63) is 47.7 Å². The minimum Gasteiger partial charge on any atom is -0.439 e. The van der Waals surface area contributed by atoms with Gasteiger partial charge >= 0.3 is 0 Å². The van der Waals surface area contributed by atoms with Crippen LogP contribution in [0, 0.1) is 6.92 Å². The summed E-state index contributed by atoms with van der Waals surface area (Å²) < 4.78 is 28.4. The van der Waals surface area contributed by atoms with Crippen LogP contribution in [0.4, 0.5) is 0 Å². The van der Waals surface area contributed by atoms with E-state index in [9.17, 15) is 8.42 Å². The molecule has 0 amide bonds. The van der Waals surface area contributed by atoms with Gasteiger partial charge in [-0.2, -0.15) is 0 Å². The van der Waals surface area contributed by atoms with Gasteiger partial charge in [0.2, 0.25) is 5.88 Å². The van der Waals surface area contributed by atoms with Crippen molar-refractivity contribution >= 4 is 9.84 Å². The largest absolute Gasteiger partial charge is 0.439 e. The summed E-state index contributed by atoms with van der Waals surface area (Å²) in [5.41, 5.74) is 7.52. The van der Waals surface area contributed by atoms with E-state index in [2.05, 4.69) is 4.98 Å². The van der Waals surface area contributed by atoms with Gasteiger partial charge in [-0.05, 0) is 42.8 Å². The normalized spacial score (nSPS) is 11.3. The second-order valence-electron chi connectivity index (χ2n) is 4.46. The number of hydrogen-bond donors (Lipinski definition) is 1. The molecule has 1 aromatic carbocycles. The molecule has 0 radical (unpaired) electrons. The fraction of sp³-hybridized carbons (Fsp3) is 0.214. The van der Waals surface area contributed by atoms with Crippen molar-refractivity contribution in [1.82, 2.24) is 4.98 Å². The predicted octanol–water partition coefficient (Wildman–Crippen LogP) is 2.04. The zero-order valence-electron chi connectivity index (χ0n) is 11.3. The van der Waals surface area contributed by atoms with Crippen molar-refractivity contribution < 1.29 is 13.2 Å². The van der Waals surface area contributed by atoms with E-state index >= 15 is 0 Å². The standard InChI is InChI=1S/C14H16N2O3S/c1-10-7-8-16-14(13(10)9-15)19-11-3-5-12(6-4-11)20(2,17)18/h3-8H,9,15H2,1-2H3. The van der Waals surface area contributed by atoms with Crippen molar-refractivity contribution in [3.63, 3.8) is 0 Å². The highest BCUT2D eigenvalue weighted by molar-refractivity contribution is 7.90. The minimum absolute atomic E-state index is 0.251. The number of rotatable bonds is 4. The van der Waals surface area contributed by atoms with Gasteiger partial charge in [0, 0.05) is 24.6 Å². The molecule has 0 aliphatic heterocycles. The number of hydrogen-bond acceptors (Lipinski definition) is 5. The highest BCUT2D eigenvalue weighted by Crippen LogP contribution is 2.25. The van der Waals surface area contributed by atoms with Crippen molar-refractivity contribution in [1.29, 1.82) is 0 Å². The van der Waals surface area contributed by atoms with Crippen LogP contribution < -0.4 is 10.5 Å². The van der Waals surface area contributed by atoms with Crippen LogP contribution in [0.3, 0.4) is 0 Å². The highest BCUT2D eigenvalue weighted by atomic mass is 32.2. The number of aromatic nitrogens is 1. The van der Waals surface area contributed by atoms with Crippen molar-refractivity contribution in [3.8, 4) is 11.6 Å². The molecular formula is C14H16N2O3S. The second kappa shape index (κ2) is 5.60. The Kier molecular flexibility index (Phi) is 4.06. The van der Waals surface area contributed by atoms with Crippen LogP contribution in [0.2, 0.25) is 0 Å². The van der Waals surface area contributed by atoms with Crippen LogP contribution in [0.5, 0.6) is 11.6 Å². The third-order valence-corrected chi connectivity index (χ3v) is 4.05. The van der Waals surface area contributed by atoms with E-state index < -0.39 is 9.84 Å². The zero-order valence-corrected chi connectivity index (χ0v) is 12.1. The number of benzene rings is 1. The lowest BCUT2D eigenvalue weighted by molar-refractivity contribution is 0.455. The Bertz CT molecular complexity index is 710. The summed E-state index contributed by atoms with van der Waals surface area (Å²) in [5.74, 6) is 0.963. The topological polar surface area (TPSA) is 82.3 Å². The summed E-state index contributed by atoms with van der Waals surface area (Å²) in [4.78, 5) is 4.41. The molecule has 0 fully saturated rings. The van der Waals surface area contributed by atoms with E-state index in [-0.39, 0.29) is 4.90 Å². The van der Waals surface area contributed by atoms with Crippen LogP contribution in [0.1, 0.15) is 11.1 Å². The molecular weight excluding hydrogens is 276 g/mol. The molecule has 0 aliphatic rings. The summed E-state index contributed by atoms with van der Waals surface area (Å²) in [5, 5.41) is 0. The van der Waals surface area contributed by atoms with Crippen LogP contribution in [0.15, 0.2) is 41.4 Å². The number of nitrogens with zero attached hydrogens (tertiary/aromatic N) is 1. The first-order chi connectivity index (χ1) is 9.41. The Morgan fingerprint density at radius 3 is 2.40 bits per heavy atom. The number of ether oxygens (including phenoxy) is 1. The number of nitrogens with two attached hydrogens (primary N) is 1. The van der Waals surface area contributed by atoms with Crippen molar-refractivity contribution in [2.45, 2.75) is 18.4 Å². The quantitative estimate of drug-likeness (QED) is 0.932. The average Bonchev–Trinajstić information content (AvgIpc) is 2.38. The molecule has 6 heteroatoms. The maximum Gasteiger partial charge on any atom is 0.223 e. The summed E-state index contributed by atoms with van der Waals surface area (Å²) in [6.45, 7) is 2.26. The van der Waals surface area contributed by atoms with E-state index in [0.29, 0.717) is 18.2 Å². The maximum absolute atomic E-state index is 11.4. The Morgan fingerprint density at radius 1 is 1.20 bits per heavy atom. The van der Waals surface area contributed by atoms with E-state index in [4.69, 9.17) is 10.5 Å². The third kappa shape index (κ3) is 3.15. The van der Waals surface area contributed by atoms with Crippen LogP contribution in [-0.4, -0.2) is 19.7 Å². The van der Waals surface area contributed by atoms with Crippen LogP contribution in [0.25, 0.3) is 0 Å². The molecule has 0 saturated heterocycles. The highest BCUT2D eigenvalue weighted by Gasteiger charge is 2.10. The molecule has 0 aliphatic carbocycles. The lowest BCUT2D eigenvalue weighted by Crippen LogP contribution is -2.03. The fourth-order valence-electron chi connectivity index (χ4n) is 1.77. The summed E-state index contributed by atoms with van der Waals surface area (Å²) in [6.07, 6.45) is 2.81. The maximum atomic E-state index is 11.4. The molecule has 0 unspecified atom stereocenters. The number of aryl methyl sites for hydroxylation is 1. The van der Waals surface area contributed by atoms with E-state index in [1.54, 1.807) is 18.3 Å². The third-order valence-electron chi connectivity index (χ3n) is 2.92.